The average Bonchev–Trinajstić information content (AvgIpc) is 3.04. The summed E-state index contributed by atoms with van der Waals surface area (Å²) in [6, 6.07) is 8.29. The van der Waals surface area contributed by atoms with Gasteiger partial charge in [-0.3, -0.25) is 9.69 Å². The maximum atomic E-state index is 12.1. The largest absolute Gasteiger partial charge is 0.354 e. The summed E-state index contributed by atoms with van der Waals surface area (Å²) in [5.74, 6) is 0.0474. The number of rotatable bonds is 6. The highest BCUT2D eigenvalue weighted by Crippen LogP contribution is 2.24. The summed E-state index contributed by atoms with van der Waals surface area (Å²) in [6.07, 6.45) is 0.351. The second kappa shape index (κ2) is 8.37. The van der Waals surface area contributed by atoms with Gasteiger partial charge in [-0.05, 0) is 13.0 Å². The lowest BCUT2D eigenvalue weighted by Crippen LogP contribution is -2.46. The van der Waals surface area contributed by atoms with Crippen molar-refractivity contribution in [3.63, 3.8) is 0 Å². The molecule has 0 saturated carbocycles. The van der Waals surface area contributed by atoms with Gasteiger partial charge in [0.1, 0.15) is 5.01 Å². The molecule has 0 spiro atoms. The Balaban J connectivity index is 1.46. The van der Waals surface area contributed by atoms with Crippen molar-refractivity contribution in [2.75, 3.05) is 39.3 Å². The van der Waals surface area contributed by atoms with Crippen molar-refractivity contribution in [1.29, 1.82) is 0 Å². The number of carbonyl (C=O) groups is 1. The van der Waals surface area contributed by atoms with Crippen molar-refractivity contribution in [2.24, 2.45) is 0 Å². The fraction of sp³-hybridized carbons (Fsp3) is 0.444. The molecule has 0 bridgehead atoms. The first kappa shape index (κ1) is 17.1. The molecule has 1 aliphatic rings. The Morgan fingerprint density at radius 1 is 1.38 bits per heavy atom. The molecule has 1 saturated heterocycles. The van der Waals surface area contributed by atoms with Crippen molar-refractivity contribution in [3.05, 3.63) is 40.9 Å². The Bertz CT molecular complexity index is 679. The van der Waals surface area contributed by atoms with Crippen LogP contribution < -0.4 is 10.6 Å². The molecule has 2 N–H and O–H groups in total. The van der Waals surface area contributed by atoms with Gasteiger partial charge in [-0.15, -0.1) is 11.3 Å². The van der Waals surface area contributed by atoms with E-state index >= 15 is 0 Å². The van der Waals surface area contributed by atoms with Gasteiger partial charge in [0.25, 0.3) is 0 Å². The molecule has 5 nitrogen and oxygen atoms in total. The lowest BCUT2D eigenvalue weighted by molar-refractivity contribution is -0.120. The van der Waals surface area contributed by atoms with Gasteiger partial charge in [0.2, 0.25) is 5.91 Å². The van der Waals surface area contributed by atoms with E-state index in [1.54, 1.807) is 11.3 Å². The van der Waals surface area contributed by atoms with Crippen LogP contribution in [0.25, 0.3) is 10.6 Å². The second-order valence-corrected chi connectivity index (χ2v) is 6.99. The van der Waals surface area contributed by atoms with Crippen LogP contribution in [0.5, 0.6) is 0 Å². The lowest BCUT2D eigenvalue weighted by Gasteiger charge is -2.27. The first-order valence-electron chi connectivity index (χ1n) is 8.42. The summed E-state index contributed by atoms with van der Waals surface area (Å²) in [4.78, 5) is 19.0. The molecule has 3 rings (SSSR count). The molecule has 0 atom stereocenters. The SMILES string of the molecule is Cc1cccc(-c2nc(CC(=O)NCCN3CCNCC3)cs2)c1. The molecule has 6 heteroatoms. The summed E-state index contributed by atoms with van der Waals surface area (Å²) in [7, 11) is 0. The van der Waals surface area contributed by atoms with E-state index in [0.717, 1.165) is 49.0 Å². The Morgan fingerprint density at radius 2 is 2.21 bits per heavy atom. The number of thiazole rings is 1. The number of aromatic nitrogens is 1. The maximum absolute atomic E-state index is 12.1. The molecule has 0 unspecified atom stereocenters. The number of nitrogens with zero attached hydrogens (tertiary/aromatic N) is 2. The zero-order chi connectivity index (χ0) is 16.8. The Kier molecular flexibility index (Phi) is 5.96. The molecule has 2 aromatic rings. The molecular formula is C18H24N4OS. The lowest BCUT2D eigenvalue weighted by atomic mass is 10.1. The number of hydrogen-bond acceptors (Lipinski definition) is 5. The number of hydrogen-bond donors (Lipinski definition) is 2. The van der Waals surface area contributed by atoms with Crippen LogP contribution in [0.4, 0.5) is 0 Å². The van der Waals surface area contributed by atoms with Gasteiger partial charge in [-0.1, -0.05) is 23.8 Å². The molecule has 1 aliphatic heterocycles. The predicted octanol–water partition coefficient (Wildman–Crippen LogP) is 1.68. The Morgan fingerprint density at radius 3 is 3.00 bits per heavy atom. The minimum absolute atomic E-state index is 0.0474. The third-order valence-corrected chi connectivity index (χ3v) is 5.06. The fourth-order valence-corrected chi connectivity index (χ4v) is 3.63. The van der Waals surface area contributed by atoms with E-state index in [1.165, 1.54) is 5.56 Å². The normalized spacial score (nSPS) is 15.4. The van der Waals surface area contributed by atoms with Gasteiger partial charge in [0.15, 0.2) is 0 Å². The van der Waals surface area contributed by atoms with Crippen molar-refractivity contribution in [2.45, 2.75) is 13.3 Å². The van der Waals surface area contributed by atoms with Crippen molar-refractivity contribution in [1.82, 2.24) is 20.5 Å². The highest BCUT2D eigenvalue weighted by molar-refractivity contribution is 7.13. The predicted molar refractivity (Wildman–Crippen MR) is 98.3 cm³/mol. The molecule has 1 aromatic heterocycles. The zero-order valence-corrected chi connectivity index (χ0v) is 14.9. The number of carbonyl (C=O) groups excluding carboxylic acids is 1. The first-order chi connectivity index (χ1) is 11.7. The van der Waals surface area contributed by atoms with E-state index in [-0.39, 0.29) is 5.91 Å². The molecular weight excluding hydrogens is 320 g/mol. The average molecular weight is 344 g/mol. The standard InChI is InChI=1S/C18H24N4OS/c1-14-3-2-4-15(11-14)18-21-16(13-24-18)12-17(23)20-7-10-22-8-5-19-6-9-22/h2-4,11,13,19H,5-10,12H2,1H3,(H,20,23). The summed E-state index contributed by atoms with van der Waals surface area (Å²) < 4.78 is 0. The van der Waals surface area contributed by atoms with E-state index in [0.29, 0.717) is 13.0 Å². The fourth-order valence-electron chi connectivity index (χ4n) is 2.81. The van der Waals surface area contributed by atoms with Gasteiger partial charge in [-0.2, -0.15) is 0 Å². The number of amides is 1. The van der Waals surface area contributed by atoms with Crippen molar-refractivity contribution < 1.29 is 4.79 Å². The third kappa shape index (κ3) is 4.87. The molecule has 1 aromatic carbocycles. The number of piperazine rings is 1. The molecule has 0 aliphatic carbocycles. The summed E-state index contributed by atoms with van der Waals surface area (Å²) >= 11 is 1.59. The quantitative estimate of drug-likeness (QED) is 0.837. The van der Waals surface area contributed by atoms with E-state index in [9.17, 15) is 4.79 Å². The van der Waals surface area contributed by atoms with Crippen LogP contribution >= 0.6 is 11.3 Å². The summed E-state index contributed by atoms with van der Waals surface area (Å²) in [5, 5.41) is 9.28. The van der Waals surface area contributed by atoms with E-state index in [1.807, 2.05) is 11.4 Å². The van der Waals surface area contributed by atoms with Crippen LogP contribution in [0.15, 0.2) is 29.6 Å². The minimum Gasteiger partial charge on any atom is -0.354 e. The highest BCUT2D eigenvalue weighted by Gasteiger charge is 2.11. The van der Waals surface area contributed by atoms with Crippen LogP contribution in [0.3, 0.4) is 0 Å². The maximum Gasteiger partial charge on any atom is 0.226 e. The van der Waals surface area contributed by atoms with Gasteiger partial charge in [0, 0.05) is 50.2 Å². The number of benzene rings is 1. The smallest absolute Gasteiger partial charge is 0.226 e. The molecule has 2 heterocycles. The van der Waals surface area contributed by atoms with Crippen LogP contribution in [0, 0.1) is 6.92 Å². The summed E-state index contributed by atoms with van der Waals surface area (Å²) in [5.41, 5.74) is 3.18. The van der Waals surface area contributed by atoms with Gasteiger partial charge in [0.05, 0.1) is 12.1 Å². The van der Waals surface area contributed by atoms with Crippen molar-refractivity contribution in [3.8, 4) is 10.6 Å². The zero-order valence-electron chi connectivity index (χ0n) is 14.0. The third-order valence-electron chi connectivity index (χ3n) is 4.12. The van der Waals surface area contributed by atoms with E-state index in [2.05, 4.69) is 45.6 Å². The van der Waals surface area contributed by atoms with Crippen molar-refractivity contribution >= 4 is 17.2 Å². The topological polar surface area (TPSA) is 57.3 Å². The number of aryl methyl sites for hydroxylation is 1. The molecule has 1 fully saturated rings. The highest BCUT2D eigenvalue weighted by atomic mass is 32.1. The van der Waals surface area contributed by atoms with Gasteiger partial charge in [-0.25, -0.2) is 4.98 Å². The Labute approximate surface area is 147 Å². The van der Waals surface area contributed by atoms with Crippen LogP contribution in [0.1, 0.15) is 11.3 Å². The summed E-state index contributed by atoms with van der Waals surface area (Å²) in [6.45, 7) is 7.88. The minimum atomic E-state index is 0.0474. The van der Waals surface area contributed by atoms with Gasteiger partial charge >= 0.3 is 0 Å². The molecule has 1 amide bonds. The monoisotopic (exact) mass is 344 g/mol. The molecule has 0 radical (unpaired) electrons. The second-order valence-electron chi connectivity index (χ2n) is 6.13. The van der Waals surface area contributed by atoms with Gasteiger partial charge < -0.3 is 10.6 Å². The van der Waals surface area contributed by atoms with Crippen LogP contribution in [-0.4, -0.2) is 55.1 Å². The van der Waals surface area contributed by atoms with E-state index in [4.69, 9.17) is 0 Å². The van der Waals surface area contributed by atoms with Crippen LogP contribution in [-0.2, 0) is 11.2 Å². The molecule has 24 heavy (non-hydrogen) atoms. The number of nitrogens with one attached hydrogen (secondary N) is 2. The van der Waals surface area contributed by atoms with Crippen LogP contribution in [0.2, 0.25) is 0 Å². The van der Waals surface area contributed by atoms with E-state index < -0.39 is 0 Å². The molecule has 128 valence electrons. The first-order valence-corrected chi connectivity index (χ1v) is 9.30. The Hall–Kier alpha value is -1.76.